The Labute approximate surface area is 383 Å². The molecule has 0 aliphatic rings. The van der Waals surface area contributed by atoms with Crippen LogP contribution < -0.4 is 0 Å². The largest absolute Gasteiger partial charge is 0.256 e. The van der Waals surface area contributed by atoms with Gasteiger partial charge in [-0.1, -0.05) is 212 Å². The van der Waals surface area contributed by atoms with Crippen molar-refractivity contribution >= 4 is 0 Å². The Morgan fingerprint density at radius 1 is 0.212 bits per heavy atom. The van der Waals surface area contributed by atoms with Gasteiger partial charge in [-0.25, -0.2) is 29.9 Å². The van der Waals surface area contributed by atoms with Gasteiger partial charge >= 0.3 is 0 Å². The summed E-state index contributed by atoms with van der Waals surface area (Å²) >= 11 is 0. The molecule has 11 rings (SSSR count). The van der Waals surface area contributed by atoms with Gasteiger partial charge in [0.15, 0.2) is 34.9 Å². The Kier molecular flexibility index (Phi) is 10.8. The Hall–Kier alpha value is -9.07. The summed E-state index contributed by atoms with van der Waals surface area (Å²) in [6, 6.07) is 78.1. The zero-order valence-electron chi connectivity index (χ0n) is 35.6. The second kappa shape index (κ2) is 18.0. The van der Waals surface area contributed by atoms with E-state index in [2.05, 4.69) is 115 Å². The fraction of sp³-hybridized carbons (Fsp3) is 0. The van der Waals surface area contributed by atoms with Crippen molar-refractivity contribution in [2.24, 2.45) is 0 Å². The van der Waals surface area contributed by atoms with Gasteiger partial charge in [0, 0.05) is 45.1 Å². The molecule has 66 heavy (non-hydrogen) atoms. The minimum absolute atomic E-state index is 0.573. The van der Waals surface area contributed by atoms with E-state index in [0.29, 0.717) is 34.9 Å². The van der Waals surface area contributed by atoms with Crippen LogP contribution in [-0.2, 0) is 0 Å². The molecular weight excluding hydrogens is 807 g/mol. The zero-order valence-corrected chi connectivity index (χ0v) is 35.6. The molecule has 0 saturated heterocycles. The van der Waals surface area contributed by atoms with E-state index in [0.717, 1.165) is 78.0 Å². The number of nitrogens with zero attached hydrogens (tertiary/aromatic N) is 7. The number of pyridine rings is 1. The van der Waals surface area contributed by atoms with E-state index in [9.17, 15) is 0 Å². The quantitative estimate of drug-likeness (QED) is 0.135. The first-order valence-corrected chi connectivity index (χ1v) is 21.8. The number of hydrogen-bond acceptors (Lipinski definition) is 7. The topological polar surface area (TPSA) is 90.2 Å². The standard InChI is InChI=1S/C59H39N7/c1-5-19-40(20-6-1)46-27-17-28-47(39-46)58-64-56(44-25-11-4-12-26-44)65-59(66-58)51-30-14-13-29-49(51)50-32-18-31-48(53(50)52-33-15-16-38-60-52)41-34-36-45(37-35-41)57-62-54(42-21-7-2-8-22-42)61-55(63-57)43-23-9-3-10-24-43/h1-39H. The molecule has 0 spiro atoms. The monoisotopic (exact) mass is 845 g/mol. The summed E-state index contributed by atoms with van der Waals surface area (Å²) in [5.41, 5.74) is 13.5. The van der Waals surface area contributed by atoms with Crippen LogP contribution in [0.4, 0.5) is 0 Å². The Morgan fingerprint density at radius 2 is 0.591 bits per heavy atom. The SMILES string of the molecule is c1ccc(-c2cccc(-c3nc(-c4ccccc4)nc(-c4ccccc4-c4cccc(-c5ccc(-c6nc(-c7ccccc7)nc(-c7ccccc7)n6)cc5)c4-c4ccccn4)n3)c2)cc1. The molecule has 8 aromatic carbocycles. The molecule has 0 aliphatic carbocycles. The normalized spacial score (nSPS) is 11.0. The first-order valence-electron chi connectivity index (χ1n) is 21.8. The first kappa shape index (κ1) is 39.8. The van der Waals surface area contributed by atoms with Crippen molar-refractivity contribution in [1.29, 1.82) is 0 Å². The number of benzene rings is 8. The van der Waals surface area contributed by atoms with Crippen molar-refractivity contribution in [3.63, 3.8) is 0 Å². The molecule has 11 aromatic rings. The maximum Gasteiger partial charge on any atom is 0.164 e. The van der Waals surface area contributed by atoms with Gasteiger partial charge in [-0.05, 0) is 51.6 Å². The molecule has 0 saturated carbocycles. The molecule has 7 nitrogen and oxygen atoms in total. The average Bonchev–Trinajstić information content (AvgIpc) is 3.41. The summed E-state index contributed by atoms with van der Waals surface area (Å²) in [6.45, 7) is 0. The van der Waals surface area contributed by atoms with E-state index in [-0.39, 0.29) is 0 Å². The molecule has 0 atom stereocenters. The van der Waals surface area contributed by atoms with E-state index >= 15 is 0 Å². The lowest BCUT2D eigenvalue weighted by Crippen LogP contribution is -2.02. The van der Waals surface area contributed by atoms with Crippen LogP contribution in [0.5, 0.6) is 0 Å². The molecule has 0 fully saturated rings. The maximum atomic E-state index is 5.24. The Bertz CT molecular complexity index is 3380. The molecule has 310 valence electrons. The predicted molar refractivity (Wildman–Crippen MR) is 265 cm³/mol. The van der Waals surface area contributed by atoms with Gasteiger partial charge in [0.25, 0.3) is 0 Å². The van der Waals surface area contributed by atoms with Gasteiger partial charge < -0.3 is 0 Å². The van der Waals surface area contributed by atoms with Gasteiger partial charge in [-0.2, -0.15) is 0 Å². The van der Waals surface area contributed by atoms with E-state index in [4.69, 9.17) is 34.9 Å². The molecule has 7 heteroatoms. The van der Waals surface area contributed by atoms with Crippen LogP contribution in [0.25, 0.3) is 113 Å². The van der Waals surface area contributed by atoms with Gasteiger partial charge in [-0.15, -0.1) is 0 Å². The first-order chi connectivity index (χ1) is 32.7. The van der Waals surface area contributed by atoms with Crippen LogP contribution >= 0.6 is 0 Å². The molecule has 0 bridgehead atoms. The maximum absolute atomic E-state index is 5.24. The molecule has 0 unspecified atom stereocenters. The molecule has 0 N–H and O–H groups in total. The summed E-state index contributed by atoms with van der Waals surface area (Å²) in [4.78, 5) is 35.3. The van der Waals surface area contributed by atoms with Crippen molar-refractivity contribution in [2.45, 2.75) is 0 Å². The second-order valence-electron chi connectivity index (χ2n) is 15.7. The van der Waals surface area contributed by atoms with Crippen LogP contribution in [-0.4, -0.2) is 34.9 Å². The van der Waals surface area contributed by atoms with E-state index in [1.165, 1.54) is 0 Å². The van der Waals surface area contributed by atoms with Gasteiger partial charge in [0.2, 0.25) is 0 Å². The molecule has 0 amide bonds. The number of rotatable bonds is 10. The Balaban J connectivity index is 1.04. The van der Waals surface area contributed by atoms with Gasteiger partial charge in [0.1, 0.15) is 0 Å². The van der Waals surface area contributed by atoms with Crippen LogP contribution in [0.1, 0.15) is 0 Å². The summed E-state index contributed by atoms with van der Waals surface area (Å²) < 4.78 is 0. The summed E-state index contributed by atoms with van der Waals surface area (Å²) in [5, 5.41) is 0. The third kappa shape index (κ3) is 8.16. The Morgan fingerprint density at radius 3 is 1.14 bits per heavy atom. The highest BCUT2D eigenvalue weighted by molar-refractivity contribution is 5.97. The highest BCUT2D eigenvalue weighted by atomic mass is 15.0. The van der Waals surface area contributed by atoms with Crippen LogP contribution in [0.15, 0.2) is 237 Å². The van der Waals surface area contributed by atoms with Crippen LogP contribution in [0.3, 0.4) is 0 Å². The summed E-state index contributed by atoms with van der Waals surface area (Å²) in [5.74, 6) is 3.60. The lowest BCUT2D eigenvalue weighted by Gasteiger charge is -2.18. The van der Waals surface area contributed by atoms with Crippen molar-refractivity contribution < 1.29 is 0 Å². The third-order valence-electron chi connectivity index (χ3n) is 11.5. The minimum Gasteiger partial charge on any atom is -0.256 e. The molecule has 0 radical (unpaired) electrons. The van der Waals surface area contributed by atoms with Crippen molar-refractivity contribution in [2.75, 3.05) is 0 Å². The minimum atomic E-state index is 0.573. The number of aromatic nitrogens is 7. The smallest absolute Gasteiger partial charge is 0.164 e. The second-order valence-corrected chi connectivity index (χ2v) is 15.7. The lowest BCUT2D eigenvalue weighted by molar-refractivity contribution is 1.07. The highest BCUT2D eigenvalue weighted by Crippen LogP contribution is 2.43. The van der Waals surface area contributed by atoms with E-state index < -0.39 is 0 Å². The summed E-state index contributed by atoms with van der Waals surface area (Å²) in [6.07, 6.45) is 1.84. The van der Waals surface area contributed by atoms with E-state index in [1.54, 1.807) is 0 Å². The molecule has 3 aromatic heterocycles. The third-order valence-corrected chi connectivity index (χ3v) is 11.5. The van der Waals surface area contributed by atoms with Crippen LogP contribution in [0, 0.1) is 0 Å². The predicted octanol–water partition coefficient (Wildman–Crippen LogP) is 14.1. The lowest BCUT2D eigenvalue weighted by atomic mass is 9.87. The van der Waals surface area contributed by atoms with Gasteiger partial charge in [-0.3, -0.25) is 4.98 Å². The van der Waals surface area contributed by atoms with Crippen molar-refractivity contribution in [3.05, 3.63) is 237 Å². The van der Waals surface area contributed by atoms with E-state index in [1.807, 2.05) is 121 Å². The number of hydrogen-bond donors (Lipinski definition) is 0. The van der Waals surface area contributed by atoms with Crippen LogP contribution in [0.2, 0.25) is 0 Å². The van der Waals surface area contributed by atoms with Gasteiger partial charge in [0.05, 0.1) is 5.69 Å². The van der Waals surface area contributed by atoms with Crippen molar-refractivity contribution in [3.8, 4) is 113 Å². The van der Waals surface area contributed by atoms with Crippen molar-refractivity contribution in [1.82, 2.24) is 34.9 Å². The fourth-order valence-corrected chi connectivity index (χ4v) is 8.26. The molecule has 0 aliphatic heterocycles. The molecule has 3 heterocycles. The summed E-state index contributed by atoms with van der Waals surface area (Å²) in [7, 11) is 0. The zero-order chi connectivity index (χ0) is 44.1. The molecular formula is C59H39N7. The highest BCUT2D eigenvalue weighted by Gasteiger charge is 2.21. The average molecular weight is 846 g/mol. The fourth-order valence-electron chi connectivity index (χ4n) is 8.26.